The lowest BCUT2D eigenvalue weighted by Crippen LogP contribution is -2.27. The number of fused-ring (bicyclic) bond motifs is 1. The van der Waals surface area contributed by atoms with Gasteiger partial charge in [-0.15, -0.1) is 0 Å². The minimum Gasteiger partial charge on any atom is -0.320 e. The maximum absolute atomic E-state index is 12.9. The van der Waals surface area contributed by atoms with E-state index in [0.717, 1.165) is 22.2 Å². The Morgan fingerprint density at radius 3 is 2.50 bits per heavy atom. The Hall–Kier alpha value is -3.80. The molecule has 4 rings (SSSR count). The summed E-state index contributed by atoms with van der Waals surface area (Å²) in [6, 6.07) is 18.3. The van der Waals surface area contributed by atoms with Gasteiger partial charge in [-0.25, -0.2) is 4.68 Å². The van der Waals surface area contributed by atoms with Gasteiger partial charge in [-0.3, -0.25) is 14.6 Å². The number of nitrogens with zero attached hydrogens (tertiary/aromatic N) is 3. The van der Waals surface area contributed by atoms with Crippen molar-refractivity contribution >= 4 is 22.5 Å². The third kappa shape index (κ3) is 3.16. The molecular weight excluding hydrogens is 352 g/mol. The number of nitrogens with one attached hydrogen (secondary N) is 1. The summed E-state index contributed by atoms with van der Waals surface area (Å²) in [6.07, 6.45) is 1.70. The lowest BCUT2D eigenvalue weighted by atomic mass is 10.1. The van der Waals surface area contributed by atoms with E-state index in [0.29, 0.717) is 11.4 Å². The van der Waals surface area contributed by atoms with E-state index in [9.17, 15) is 9.59 Å². The van der Waals surface area contributed by atoms with Crippen LogP contribution in [-0.4, -0.2) is 20.7 Å². The van der Waals surface area contributed by atoms with Crippen LogP contribution in [0.2, 0.25) is 0 Å². The zero-order valence-corrected chi connectivity index (χ0v) is 15.5. The second-order valence-electron chi connectivity index (χ2n) is 6.53. The van der Waals surface area contributed by atoms with E-state index in [-0.39, 0.29) is 5.69 Å². The molecule has 0 aliphatic rings. The van der Waals surface area contributed by atoms with Gasteiger partial charge in [-0.05, 0) is 37.6 Å². The summed E-state index contributed by atoms with van der Waals surface area (Å²) in [5, 5.41) is 7.99. The molecule has 0 saturated heterocycles. The number of rotatable bonds is 3. The van der Waals surface area contributed by atoms with Gasteiger partial charge in [-0.1, -0.05) is 36.4 Å². The van der Waals surface area contributed by atoms with Gasteiger partial charge in [0.2, 0.25) is 5.43 Å². The molecule has 6 nitrogen and oxygen atoms in total. The van der Waals surface area contributed by atoms with E-state index in [1.165, 1.54) is 6.07 Å². The second-order valence-corrected chi connectivity index (χ2v) is 6.53. The van der Waals surface area contributed by atoms with Gasteiger partial charge in [0.05, 0.1) is 16.9 Å². The molecule has 0 unspecified atom stereocenters. The maximum atomic E-state index is 12.9. The fourth-order valence-electron chi connectivity index (χ4n) is 3.11. The van der Waals surface area contributed by atoms with E-state index in [4.69, 9.17) is 0 Å². The molecule has 2 aromatic carbocycles. The number of hydrogen-bond donors (Lipinski definition) is 1. The van der Waals surface area contributed by atoms with Gasteiger partial charge in [0.1, 0.15) is 0 Å². The Bertz CT molecular complexity index is 1250. The number of amides is 1. The van der Waals surface area contributed by atoms with Crippen LogP contribution in [0.5, 0.6) is 0 Å². The molecule has 28 heavy (non-hydrogen) atoms. The van der Waals surface area contributed by atoms with Crippen LogP contribution in [0, 0.1) is 13.8 Å². The van der Waals surface area contributed by atoms with Crippen LogP contribution in [0.3, 0.4) is 0 Å². The van der Waals surface area contributed by atoms with Crippen LogP contribution in [0.1, 0.15) is 21.7 Å². The van der Waals surface area contributed by atoms with Crippen LogP contribution in [0.15, 0.2) is 71.7 Å². The standard InChI is InChI=1S/C22H18N4O2/c1-14-13-23-18-11-7-6-10-17(18)20(14)24-22(28)21-19(27)12-15(2)26(25-21)16-8-4-3-5-9-16/h3-13H,1-2H3,(H,23,24,28). The van der Waals surface area contributed by atoms with E-state index < -0.39 is 11.3 Å². The van der Waals surface area contributed by atoms with Crippen molar-refractivity contribution in [1.29, 1.82) is 0 Å². The highest BCUT2D eigenvalue weighted by Crippen LogP contribution is 2.25. The van der Waals surface area contributed by atoms with Gasteiger partial charge in [0, 0.05) is 23.3 Å². The Labute approximate surface area is 161 Å². The Morgan fingerprint density at radius 1 is 1.00 bits per heavy atom. The number of para-hydroxylation sites is 2. The first-order chi connectivity index (χ1) is 13.5. The van der Waals surface area contributed by atoms with E-state index >= 15 is 0 Å². The smallest absolute Gasteiger partial charge is 0.280 e. The first kappa shape index (κ1) is 17.6. The highest BCUT2D eigenvalue weighted by molar-refractivity contribution is 6.08. The number of hydrogen-bond acceptors (Lipinski definition) is 4. The summed E-state index contributed by atoms with van der Waals surface area (Å²) in [4.78, 5) is 29.7. The zero-order chi connectivity index (χ0) is 19.7. The van der Waals surface area contributed by atoms with Gasteiger partial charge in [0.25, 0.3) is 5.91 Å². The highest BCUT2D eigenvalue weighted by Gasteiger charge is 2.17. The molecule has 0 radical (unpaired) electrons. The number of aryl methyl sites for hydroxylation is 2. The summed E-state index contributed by atoms with van der Waals surface area (Å²) in [7, 11) is 0. The molecular formula is C22H18N4O2. The lowest BCUT2D eigenvalue weighted by molar-refractivity contribution is 0.101. The first-order valence-electron chi connectivity index (χ1n) is 8.86. The monoisotopic (exact) mass is 370 g/mol. The predicted octanol–water partition coefficient (Wildman–Crippen LogP) is 3.65. The van der Waals surface area contributed by atoms with E-state index in [1.807, 2.05) is 61.5 Å². The van der Waals surface area contributed by atoms with Crippen LogP contribution in [0.4, 0.5) is 5.69 Å². The van der Waals surface area contributed by atoms with Gasteiger partial charge >= 0.3 is 0 Å². The van der Waals surface area contributed by atoms with Crippen molar-refractivity contribution in [2.45, 2.75) is 13.8 Å². The Kier molecular flexibility index (Phi) is 4.45. The zero-order valence-electron chi connectivity index (χ0n) is 15.5. The molecule has 0 fully saturated rings. The fraction of sp³-hybridized carbons (Fsp3) is 0.0909. The predicted molar refractivity (Wildman–Crippen MR) is 109 cm³/mol. The molecule has 0 saturated carbocycles. The molecule has 0 aliphatic heterocycles. The van der Waals surface area contributed by atoms with Crippen molar-refractivity contribution in [2.75, 3.05) is 5.32 Å². The average molecular weight is 370 g/mol. The molecule has 4 aromatic rings. The summed E-state index contributed by atoms with van der Waals surface area (Å²) < 4.78 is 1.59. The molecule has 0 spiro atoms. The normalized spacial score (nSPS) is 10.8. The molecule has 0 bridgehead atoms. The topological polar surface area (TPSA) is 76.9 Å². The molecule has 1 amide bonds. The van der Waals surface area contributed by atoms with Crippen molar-refractivity contribution in [2.24, 2.45) is 0 Å². The third-order valence-electron chi connectivity index (χ3n) is 4.53. The minimum atomic E-state index is -0.547. The number of aromatic nitrogens is 3. The highest BCUT2D eigenvalue weighted by atomic mass is 16.2. The Balaban J connectivity index is 1.78. The van der Waals surface area contributed by atoms with Crippen molar-refractivity contribution in [3.63, 3.8) is 0 Å². The SMILES string of the molecule is Cc1cnc2ccccc2c1NC(=O)c1nn(-c2ccccc2)c(C)cc1=O. The molecule has 0 aliphatic carbocycles. The first-order valence-corrected chi connectivity index (χ1v) is 8.86. The molecule has 1 N–H and O–H groups in total. The molecule has 0 atom stereocenters. The number of benzene rings is 2. The Morgan fingerprint density at radius 2 is 1.71 bits per heavy atom. The molecule has 6 heteroatoms. The average Bonchev–Trinajstić information content (AvgIpc) is 2.71. The van der Waals surface area contributed by atoms with Crippen molar-refractivity contribution in [3.05, 3.63) is 94.0 Å². The summed E-state index contributed by atoms with van der Waals surface area (Å²) in [5.74, 6) is -0.547. The summed E-state index contributed by atoms with van der Waals surface area (Å²) >= 11 is 0. The van der Waals surface area contributed by atoms with E-state index in [2.05, 4.69) is 15.4 Å². The number of pyridine rings is 1. The van der Waals surface area contributed by atoms with Gasteiger partial charge < -0.3 is 5.32 Å². The second kappa shape index (κ2) is 7.08. The summed E-state index contributed by atoms with van der Waals surface area (Å²) in [5.41, 5.74) is 3.05. The van der Waals surface area contributed by atoms with Gasteiger partial charge in [-0.2, -0.15) is 5.10 Å². The number of carbonyl (C=O) groups excluding carboxylic acids is 1. The minimum absolute atomic E-state index is 0.158. The fourth-order valence-corrected chi connectivity index (χ4v) is 3.11. The van der Waals surface area contributed by atoms with Crippen LogP contribution in [-0.2, 0) is 0 Å². The van der Waals surface area contributed by atoms with Crippen LogP contribution in [0.25, 0.3) is 16.6 Å². The lowest BCUT2D eigenvalue weighted by Gasteiger charge is -2.13. The van der Waals surface area contributed by atoms with Crippen molar-refractivity contribution in [1.82, 2.24) is 14.8 Å². The third-order valence-corrected chi connectivity index (χ3v) is 4.53. The maximum Gasteiger partial charge on any atom is 0.280 e. The number of carbonyl (C=O) groups is 1. The summed E-state index contributed by atoms with van der Waals surface area (Å²) in [6.45, 7) is 3.64. The van der Waals surface area contributed by atoms with E-state index in [1.54, 1.807) is 17.8 Å². The molecule has 138 valence electrons. The van der Waals surface area contributed by atoms with Crippen molar-refractivity contribution < 1.29 is 4.79 Å². The molecule has 2 heterocycles. The van der Waals surface area contributed by atoms with Crippen molar-refractivity contribution in [3.8, 4) is 5.69 Å². The van der Waals surface area contributed by atoms with Crippen LogP contribution >= 0.6 is 0 Å². The number of anilines is 1. The van der Waals surface area contributed by atoms with Crippen LogP contribution < -0.4 is 10.7 Å². The van der Waals surface area contributed by atoms with Gasteiger partial charge in [0.15, 0.2) is 5.69 Å². The quantitative estimate of drug-likeness (QED) is 0.597. The molecule has 2 aromatic heterocycles. The largest absolute Gasteiger partial charge is 0.320 e.